The van der Waals surface area contributed by atoms with Crippen LogP contribution in [0.1, 0.15) is 20.3 Å². The van der Waals surface area contributed by atoms with Crippen LogP contribution in [0.2, 0.25) is 0 Å². The average molecular weight is 309 g/mol. The van der Waals surface area contributed by atoms with E-state index >= 15 is 0 Å². The summed E-state index contributed by atoms with van der Waals surface area (Å²) >= 11 is 0. The van der Waals surface area contributed by atoms with Gasteiger partial charge < -0.3 is 19.5 Å². The van der Waals surface area contributed by atoms with E-state index in [9.17, 15) is 9.59 Å². The fourth-order valence-electron chi connectivity index (χ4n) is 1.69. The van der Waals surface area contributed by atoms with Crippen molar-refractivity contribution in [3.05, 3.63) is 30.3 Å². The van der Waals surface area contributed by atoms with E-state index in [0.717, 1.165) is 0 Å². The maximum atomic E-state index is 12.1. The SMILES string of the molecule is CC[C@H](Oc1ccccc1)C(=O)O[C@H](C)C(=O)NCCOC. The van der Waals surface area contributed by atoms with E-state index in [1.54, 1.807) is 19.2 Å². The number of nitrogens with one attached hydrogen (secondary N) is 1. The molecule has 0 aromatic heterocycles. The Morgan fingerprint density at radius 3 is 2.50 bits per heavy atom. The van der Waals surface area contributed by atoms with E-state index in [0.29, 0.717) is 25.3 Å². The van der Waals surface area contributed by atoms with Crippen molar-refractivity contribution >= 4 is 11.9 Å². The Morgan fingerprint density at radius 2 is 1.91 bits per heavy atom. The molecule has 0 aliphatic carbocycles. The molecule has 1 aromatic rings. The minimum atomic E-state index is -0.877. The maximum absolute atomic E-state index is 12.1. The van der Waals surface area contributed by atoms with E-state index in [2.05, 4.69) is 5.32 Å². The zero-order valence-electron chi connectivity index (χ0n) is 13.2. The van der Waals surface area contributed by atoms with Crippen molar-refractivity contribution in [1.82, 2.24) is 5.32 Å². The number of para-hydroxylation sites is 1. The van der Waals surface area contributed by atoms with Crippen molar-refractivity contribution in [1.29, 1.82) is 0 Å². The van der Waals surface area contributed by atoms with Gasteiger partial charge in [-0.2, -0.15) is 0 Å². The summed E-state index contributed by atoms with van der Waals surface area (Å²) in [5, 5.41) is 2.61. The van der Waals surface area contributed by atoms with Crippen molar-refractivity contribution in [2.45, 2.75) is 32.5 Å². The van der Waals surface area contributed by atoms with Crippen LogP contribution in [0.5, 0.6) is 5.75 Å². The molecular formula is C16H23NO5. The molecule has 0 fully saturated rings. The van der Waals surface area contributed by atoms with E-state index in [1.807, 2.05) is 25.1 Å². The summed E-state index contributed by atoms with van der Waals surface area (Å²) in [6.45, 7) is 4.11. The number of hydrogen-bond donors (Lipinski definition) is 1. The van der Waals surface area contributed by atoms with Gasteiger partial charge in [-0.25, -0.2) is 4.79 Å². The Balaban J connectivity index is 2.48. The summed E-state index contributed by atoms with van der Waals surface area (Å²) in [7, 11) is 1.54. The average Bonchev–Trinajstić information content (AvgIpc) is 2.53. The molecule has 1 N–H and O–H groups in total. The van der Waals surface area contributed by atoms with E-state index < -0.39 is 18.2 Å². The summed E-state index contributed by atoms with van der Waals surface area (Å²) < 4.78 is 15.6. The molecular weight excluding hydrogens is 286 g/mol. The minimum Gasteiger partial charge on any atom is -0.479 e. The molecule has 1 aromatic carbocycles. The first kappa shape index (κ1) is 18.0. The highest BCUT2D eigenvalue weighted by atomic mass is 16.6. The van der Waals surface area contributed by atoms with E-state index in [4.69, 9.17) is 14.2 Å². The van der Waals surface area contributed by atoms with Gasteiger partial charge in [-0.15, -0.1) is 0 Å². The van der Waals surface area contributed by atoms with Gasteiger partial charge in [0.05, 0.1) is 6.61 Å². The summed E-state index contributed by atoms with van der Waals surface area (Å²) in [5.74, 6) is -0.329. The number of methoxy groups -OCH3 is 1. The fourth-order valence-corrected chi connectivity index (χ4v) is 1.69. The Bertz CT molecular complexity index is 463. The zero-order chi connectivity index (χ0) is 16.4. The number of carbonyl (C=O) groups is 2. The minimum absolute atomic E-state index is 0.361. The molecule has 6 heteroatoms. The Kier molecular flexibility index (Phi) is 7.99. The van der Waals surface area contributed by atoms with Crippen LogP contribution in [0.15, 0.2) is 30.3 Å². The van der Waals surface area contributed by atoms with E-state index in [1.165, 1.54) is 6.92 Å². The van der Waals surface area contributed by atoms with Crippen LogP contribution in [0.25, 0.3) is 0 Å². The number of amides is 1. The molecule has 0 heterocycles. The predicted molar refractivity (Wildman–Crippen MR) is 81.6 cm³/mol. The first-order valence-corrected chi connectivity index (χ1v) is 7.27. The van der Waals surface area contributed by atoms with Crippen LogP contribution in [0.3, 0.4) is 0 Å². The van der Waals surface area contributed by atoms with Crippen molar-refractivity contribution in [3.63, 3.8) is 0 Å². The molecule has 1 amide bonds. The van der Waals surface area contributed by atoms with Gasteiger partial charge in [-0.1, -0.05) is 25.1 Å². The normalized spacial score (nSPS) is 13.0. The molecule has 0 aliphatic heterocycles. The zero-order valence-corrected chi connectivity index (χ0v) is 13.2. The highest BCUT2D eigenvalue weighted by Gasteiger charge is 2.25. The van der Waals surface area contributed by atoms with Gasteiger partial charge in [0.2, 0.25) is 0 Å². The van der Waals surface area contributed by atoms with Gasteiger partial charge in [0.15, 0.2) is 12.2 Å². The summed E-state index contributed by atoms with van der Waals surface area (Å²) in [6, 6.07) is 9.02. The Hall–Kier alpha value is -2.08. The van der Waals surface area contributed by atoms with Gasteiger partial charge in [0.1, 0.15) is 5.75 Å². The first-order valence-electron chi connectivity index (χ1n) is 7.27. The topological polar surface area (TPSA) is 73.9 Å². The fraction of sp³-hybridized carbons (Fsp3) is 0.500. The monoisotopic (exact) mass is 309 g/mol. The smallest absolute Gasteiger partial charge is 0.348 e. The van der Waals surface area contributed by atoms with Crippen molar-refractivity contribution in [3.8, 4) is 5.75 Å². The standard InChI is InChI=1S/C16H23NO5/c1-4-14(22-13-8-6-5-7-9-13)16(19)21-12(2)15(18)17-10-11-20-3/h5-9,12,14H,4,10-11H2,1-3H3,(H,17,18)/t12-,14+/m1/s1. The lowest BCUT2D eigenvalue weighted by molar-refractivity contribution is -0.161. The highest BCUT2D eigenvalue weighted by molar-refractivity contribution is 5.84. The van der Waals surface area contributed by atoms with Crippen LogP contribution in [0, 0.1) is 0 Å². The summed E-state index contributed by atoms with van der Waals surface area (Å²) in [4.78, 5) is 23.8. The largest absolute Gasteiger partial charge is 0.479 e. The molecule has 6 nitrogen and oxygen atoms in total. The highest BCUT2D eigenvalue weighted by Crippen LogP contribution is 2.13. The second-order valence-corrected chi connectivity index (χ2v) is 4.69. The van der Waals surface area contributed by atoms with Gasteiger partial charge in [-0.3, -0.25) is 4.79 Å². The van der Waals surface area contributed by atoms with Crippen LogP contribution in [0.4, 0.5) is 0 Å². The number of rotatable bonds is 9. The number of carbonyl (C=O) groups excluding carboxylic acids is 2. The molecule has 0 bridgehead atoms. The third-order valence-electron chi connectivity index (χ3n) is 2.92. The molecule has 0 radical (unpaired) electrons. The number of ether oxygens (including phenoxy) is 3. The van der Waals surface area contributed by atoms with Gasteiger partial charge in [-0.05, 0) is 25.5 Å². The molecule has 2 atom stereocenters. The van der Waals surface area contributed by atoms with Crippen LogP contribution in [-0.4, -0.2) is 44.3 Å². The van der Waals surface area contributed by atoms with Gasteiger partial charge in [0.25, 0.3) is 5.91 Å². The quantitative estimate of drug-likeness (QED) is 0.553. The third-order valence-corrected chi connectivity index (χ3v) is 2.92. The molecule has 0 saturated carbocycles. The molecule has 0 aliphatic rings. The Labute approximate surface area is 130 Å². The first-order chi connectivity index (χ1) is 10.6. The lowest BCUT2D eigenvalue weighted by Gasteiger charge is -2.19. The molecule has 0 unspecified atom stereocenters. The molecule has 1 rings (SSSR count). The summed E-state index contributed by atoms with van der Waals surface area (Å²) in [5.41, 5.74) is 0. The van der Waals surface area contributed by atoms with Gasteiger partial charge >= 0.3 is 5.97 Å². The Morgan fingerprint density at radius 1 is 1.23 bits per heavy atom. The lowest BCUT2D eigenvalue weighted by atomic mass is 10.2. The molecule has 0 saturated heterocycles. The van der Waals surface area contributed by atoms with Crippen molar-refractivity contribution < 1.29 is 23.8 Å². The summed E-state index contributed by atoms with van der Waals surface area (Å²) in [6.07, 6.45) is -1.17. The molecule has 0 spiro atoms. The van der Waals surface area contributed by atoms with Crippen molar-refractivity contribution in [2.75, 3.05) is 20.3 Å². The van der Waals surface area contributed by atoms with Gasteiger partial charge in [0, 0.05) is 13.7 Å². The second-order valence-electron chi connectivity index (χ2n) is 4.69. The second kappa shape index (κ2) is 9.78. The van der Waals surface area contributed by atoms with Crippen LogP contribution < -0.4 is 10.1 Å². The number of esters is 1. The van der Waals surface area contributed by atoms with Crippen LogP contribution in [-0.2, 0) is 19.1 Å². The predicted octanol–water partition coefficient (Wildman–Crippen LogP) is 1.54. The lowest BCUT2D eigenvalue weighted by Crippen LogP contribution is -2.40. The maximum Gasteiger partial charge on any atom is 0.348 e. The number of benzene rings is 1. The molecule has 22 heavy (non-hydrogen) atoms. The van der Waals surface area contributed by atoms with Crippen LogP contribution >= 0.6 is 0 Å². The van der Waals surface area contributed by atoms with Crippen molar-refractivity contribution in [2.24, 2.45) is 0 Å². The number of hydrogen-bond acceptors (Lipinski definition) is 5. The van der Waals surface area contributed by atoms with E-state index in [-0.39, 0.29) is 5.91 Å². The molecule has 122 valence electrons. The third kappa shape index (κ3) is 6.13.